The SMILES string of the molecule is CC1CCCC(O)(CNC(=O)C2(C)CCCCN2)C1. The zero-order valence-corrected chi connectivity index (χ0v) is 12.3. The topological polar surface area (TPSA) is 61.4 Å². The highest BCUT2D eigenvalue weighted by molar-refractivity contribution is 5.86. The van der Waals surface area contributed by atoms with Gasteiger partial charge in [0.15, 0.2) is 0 Å². The Kier molecular flexibility index (Phi) is 4.51. The largest absolute Gasteiger partial charge is 0.388 e. The molecule has 1 saturated heterocycles. The molecule has 4 nitrogen and oxygen atoms in total. The monoisotopic (exact) mass is 268 g/mol. The molecule has 0 radical (unpaired) electrons. The van der Waals surface area contributed by atoms with Gasteiger partial charge in [0.05, 0.1) is 11.1 Å². The van der Waals surface area contributed by atoms with Crippen LogP contribution < -0.4 is 10.6 Å². The molecule has 0 spiro atoms. The van der Waals surface area contributed by atoms with E-state index in [0.29, 0.717) is 12.5 Å². The number of piperidine rings is 1. The van der Waals surface area contributed by atoms with Crippen LogP contribution in [0.15, 0.2) is 0 Å². The summed E-state index contributed by atoms with van der Waals surface area (Å²) in [5.41, 5.74) is -1.15. The van der Waals surface area contributed by atoms with Crippen LogP contribution in [0.3, 0.4) is 0 Å². The highest BCUT2D eigenvalue weighted by Crippen LogP contribution is 2.31. The molecule has 2 aliphatic rings. The molecule has 3 atom stereocenters. The Morgan fingerprint density at radius 1 is 1.37 bits per heavy atom. The van der Waals surface area contributed by atoms with Gasteiger partial charge < -0.3 is 15.7 Å². The van der Waals surface area contributed by atoms with E-state index in [1.807, 2.05) is 6.92 Å². The van der Waals surface area contributed by atoms with E-state index in [1.54, 1.807) is 0 Å². The van der Waals surface area contributed by atoms with Crippen LogP contribution in [0.1, 0.15) is 58.8 Å². The molecule has 3 unspecified atom stereocenters. The summed E-state index contributed by atoms with van der Waals surface area (Å²) in [6, 6.07) is 0. The number of hydrogen-bond acceptors (Lipinski definition) is 3. The number of carbonyl (C=O) groups is 1. The number of rotatable bonds is 3. The minimum atomic E-state index is -0.696. The van der Waals surface area contributed by atoms with E-state index in [-0.39, 0.29) is 5.91 Å². The van der Waals surface area contributed by atoms with Gasteiger partial charge in [-0.2, -0.15) is 0 Å². The number of nitrogens with one attached hydrogen (secondary N) is 2. The van der Waals surface area contributed by atoms with Gasteiger partial charge in [-0.25, -0.2) is 0 Å². The molecule has 3 N–H and O–H groups in total. The molecular weight excluding hydrogens is 240 g/mol. The molecule has 0 bridgehead atoms. The van der Waals surface area contributed by atoms with Gasteiger partial charge in [-0.05, 0) is 51.5 Å². The lowest BCUT2D eigenvalue weighted by Gasteiger charge is -2.38. The molecule has 1 saturated carbocycles. The van der Waals surface area contributed by atoms with Crippen LogP contribution >= 0.6 is 0 Å². The lowest BCUT2D eigenvalue weighted by atomic mass is 9.78. The van der Waals surface area contributed by atoms with Crippen LogP contribution in [0, 0.1) is 5.92 Å². The standard InChI is InChI=1S/C15H28N2O2/c1-12-6-5-8-15(19,10-12)11-16-13(18)14(2)7-3-4-9-17-14/h12,17,19H,3-11H2,1-2H3,(H,16,18). The van der Waals surface area contributed by atoms with Gasteiger partial charge in [-0.1, -0.05) is 19.8 Å². The summed E-state index contributed by atoms with van der Waals surface area (Å²) in [7, 11) is 0. The van der Waals surface area contributed by atoms with Crippen LogP contribution in [-0.2, 0) is 4.79 Å². The molecule has 1 aliphatic heterocycles. The first-order chi connectivity index (χ1) is 8.94. The predicted molar refractivity (Wildman–Crippen MR) is 75.9 cm³/mol. The Balaban J connectivity index is 1.85. The number of carbonyl (C=O) groups excluding carboxylic acids is 1. The maximum absolute atomic E-state index is 12.3. The number of hydrogen-bond donors (Lipinski definition) is 3. The molecule has 0 aromatic carbocycles. The normalized spacial score (nSPS) is 39.8. The zero-order chi connectivity index (χ0) is 13.9. The van der Waals surface area contributed by atoms with E-state index in [1.165, 1.54) is 6.42 Å². The van der Waals surface area contributed by atoms with Crippen molar-refractivity contribution in [1.82, 2.24) is 10.6 Å². The molecular formula is C15H28N2O2. The van der Waals surface area contributed by atoms with E-state index in [9.17, 15) is 9.90 Å². The summed E-state index contributed by atoms with van der Waals surface area (Å²) >= 11 is 0. The van der Waals surface area contributed by atoms with Crippen LogP contribution in [0.25, 0.3) is 0 Å². The second-order valence-corrected chi connectivity index (χ2v) is 6.82. The Bertz CT molecular complexity index is 326. The molecule has 2 rings (SSSR count). The maximum atomic E-state index is 12.3. The van der Waals surface area contributed by atoms with E-state index < -0.39 is 11.1 Å². The third-order valence-electron chi connectivity index (χ3n) is 4.77. The first-order valence-corrected chi connectivity index (χ1v) is 7.69. The summed E-state index contributed by atoms with van der Waals surface area (Å²) in [5.74, 6) is 0.595. The molecule has 0 aromatic heterocycles. The lowest BCUT2D eigenvalue weighted by Crippen LogP contribution is -2.59. The smallest absolute Gasteiger partial charge is 0.240 e. The highest BCUT2D eigenvalue weighted by atomic mass is 16.3. The van der Waals surface area contributed by atoms with E-state index in [4.69, 9.17) is 0 Å². The molecule has 19 heavy (non-hydrogen) atoms. The number of amides is 1. The van der Waals surface area contributed by atoms with Crippen molar-refractivity contribution in [3.8, 4) is 0 Å². The Hall–Kier alpha value is -0.610. The van der Waals surface area contributed by atoms with Crippen LogP contribution in [0.2, 0.25) is 0 Å². The summed E-state index contributed by atoms with van der Waals surface area (Å²) in [4.78, 5) is 12.3. The first-order valence-electron chi connectivity index (χ1n) is 7.69. The van der Waals surface area contributed by atoms with Crippen molar-refractivity contribution in [2.45, 2.75) is 69.9 Å². The fourth-order valence-corrected chi connectivity index (χ4v) is 3.48. The first kappa shape index (κ1) is 14.8. The summed E-state index contributed by atoms with van der Waals surface area (Å²) < 4.78 is 0. The minimum absolute atomic E-state index is 0.0406. The van der Waals surface area contributed by atoms with Gasteiger partial charge in [0.25, 0.3) is 0 Å². The van der Waals surface area contributed by atoms with Crippen molar-refractivity contribution >= 4 is 5.91 Å². The van der Waals surface area contributed by atoms with Gasteiger partial charge in [0, 0.05) is 6.54 Å². The second-order valence-electron chi connectivity index (χ2n) is 6.82. The van der Waals surface area contributed by atoms with Gasteiger partial charge in [-0.3, -0.25) is 4.79 Å². The molecule has 4 heteroatoms. The molecule has 0 aromatic rings. The summed E-state index contributed by atoms with van der Waals surface area (Å²) in [6.45, 7) is 5.45. The van der Waals surface area contributed by atoms with Crippen LogP contribution in [-0.4, -0.2) is 35.2 Å². The van der Waals surface area contributed by atoms with Gasteiger partial charge >= 0.3 is 0 Å². The van der Waals surface area contributed by atoms with Crippen molar-refractivity contribution < 1.29 is 9.90 Å². The van der Waals surface area contributed by atoms with Gasteiger partial charge in [0.1, 0.15) is 0 Å². The average Bonchev–Trinajstić information content (AvgIpc) is 2.36. The minimum Gasteiger partial charge on any atom is -0.388 e. The molecule has 1 heterocycles. The van der Waals surface area contributed by atoms with Crippen molar-refractivity contribution in [2.75, 3.05) is 13.1 Å². The van der Waals surface area contributed by atoms with Crippen molar-refractivity contribution in [1.29, 1.82) is 0 Å². The number of aliphatic hydroxyl groups is 1. The maximum Gasteiger partial charge on any atom is 0.240 e. The highest BCUT2D eigenvalue weighted by Gasteiger charge is 2.37. The fourth-order valence-electron chi connectivity index (χ4n) is 3.48. The zero-order valence-electron chi connectivity index (χ0n) is 12.3. The van der Waals surface area contributed by atoms with E-state index >= 15 is 0 Å². The van der Waals surface area contributed by atoms with Crippen LogP contribution in [0.5, 0.6) is 0 Å². The molecule has 110 valence electrons. The molecule has 1 amide bonds. The fraction of sp³-hybridized carbons (Fsp3) is 0.933. The van der Waals surface area contributed by atoms with Gasteiger partial charge in [-0.15, -0.1) is 0 Å². The third-order valence-corrected chi connectivity index (χ3v) is 4.77. The summed E-state index contributed by atoms with van der Waals surface area (Å²) in [6.07, 6.45) is 6.98. The molecule has 1 aliphatic carbocycles. The summed E-state index contributed by atoms with van der Waals surface area (Å²) in [5, 5.41) is 16.8. The third kappa shape index (κ3) is 3.69. The van der Waals surface area contributed by atoms with Gasteiger partial charge in [0.2, 0.25) is 5.91 Å². The average molecular weight is 268 g/mol. The lowest BCUT2D eigenvalue weighted by molar-refractivity contribution is -0.129. The van der Waals surface area contributed by atoms with Crippen molar-refractivity contribution in [3.05, 3.63) is 0 Å². The quantitative estimate of drug-likeness (QED) is 0.728. The Morgan fingerprint density at radius 3 is 2.79 bits per heavy atom. The van der Waals surface area contributed by atoms with Crippen molar-refractivity contribution in [2.24, 2.45) is 5.92 Å². The van der Waals surface area contributed by atoms with Crippen LogP contribution in [0.4, 0.5) is 0 Å². The van der Waals surface area contributed by atoms with Crippen molar-refractivity contribution in [3.63, 3.8) is 0 Å². The predicted octanol–water partition coefficient (Wildman–Crippen LogP) is 1.58. The second kappa shape index (κ2) is 5.80. The van der Waals surface area contributed by atoms with E-state index in [2.05, 4.69) is 17.6 Å². The Morgan fingerprint density at radius 2 is 2.16 bits per heavy atom. The molecule has 2 fully saturated rings. The Labute approximate surface area is 116 Å². The van der Waals surface area contributed by atoms with E-state index in [0.717, 1.165) is 45.1 Å².